The zero-order valence-corrected chi connectivity index (χ0v) is 15.7. The van der Waals surface area contributed by atoms with Gasteiger partial charge in [0.1, 0.15) is 5.82 Å². The van der Waals surface area contributed by atoms with Gasteiger partial charge in [0.15, 0.2) is 0 Å². The van der Waals surface area contributed by atoms with E-state index >= 15 is 0 Å². The first-order chi connectivity index (χ1) is 14.0. The molecule has 8 heteroatoms. The Morgan fingerprint density at radius 1 is 1.14 bits per heavy atom. The molecule has 150 valence electrons. The molecule has 1 aromatic heterocycles. The smallest absolute Gasteiger partial charge is 0.319 e. The van der Waals surface area contributed by atoms with E-state index in [1.54, 1.807) is 31.2 Å². The summed E-state index contributed by atoms with van der Waals surface area (Å²) in [6.07, 6.45) is -0.0431. The van der Waals surface area contributed by atoms with E-state index < -0.39 is 29.4 Å². The Labute approximate surface area is 165 Å². The molecule has 3 rings (SSSR count). The van der Waals surface area contributed by atoms with Crippen LogP contribution in [0.5, 0.6) is 0 Å². The predicted molar refractivity (Wildman–Crippen MR) is 107 cm³/mol. The highest BCUT2D eigenvalue weighted by Crippen LogP contribution is 2.21. The van der Waals surface area contributed by atoms with E-state index in [9.17, 15) is 18.8 Å². The first kappa shape index (κ1) is 20.1. The van der Waals surface area contributed by atoms with Crippen LogP contribution in [0.4, 0.5) is 14.9 Å². The molecular formula is C21H20FN3O4. The molecule has 0 radical (unpaired) electrons. The summed E-state index contributed by atoms with van der Waals surface area (Å²) >= 11 is 0. The average molecular weight is 397 g/mol. The molecule has 0 aliphatic rings. The lowest BCUT2D eigenvalue weighted by atomic mass is 10.0. The molecule has 7 nitrogen and oxygen atoms in total. The number of anilines is 1. The molecule has 29 heavy (non-hydrogen) atoms. The molecule has 1 heterocycles. The van der Waals surface area contributed by atoms with Crippen molar-refractivity contribution >= 4 is 28.6 Å². The van der Waals surface area contributed by atoms with Crippen LogP contribution in [0.1, 0.15) is 24.9 Å². The highest BCUT2D eigenvalue weighted by atomic mass is 19.1. The third-order valence-corrected chi connectivity index (χ3v) is 4.22. The lowest BCUT2D eigenvalue weighted by Crippen LogP contribution is -2.34. The number of nitrogens with one attached hydrogen (secondary N) is 3. The number of amides is 2. The Balaban J connectivity index is 1.77. The first-order valence-electron chi connectivity index (χ1n) is 9.07. The Bertz CT molecular complexity index is 1080. The zero-order valence-electron chi connectivity index (χ0n) is 15.7. The lowest BCUT2D eigenvalue weighted by Gasteiger charge is -2.19. The van der Waals surface area contributed by atoms with Crippen LogP contribution >= 0.6 is 0 Å². The Hall–Kier alpha value is -3.68. The number of ether oxygens (including phenoxy) is 1. The van der Waals surface area contributed by atoms with Crippen LogP contribution in [0.15, 0.2) is 59.4 Å². The van der Waals surface area contributed by atoms with E-state index in [4.69, 9.17) is 4.74 Å². The topological polar surface area (TPSA) is 100 Å². The lowest BCUT2D eigenvalue weighted by molar-refractivity contribution is -0.143. The van der Waals surface area contributed by atoms with Crippen LogP contribution < -0.4 is 16.2 Å². The van der Waals surface area contributed by atoms with E-state index in [1.807, 2.05) is 6.07 Å². The summed E-state index contributed by atoms with van der Waals surface area (Å²) in [6, 6.07) is 13.2. The van der Waals surface area contributed by atoms with E-state index in [2.05, 4.69) is 15.6 Å². The number of urea groups is 1. The molecule has 0 saturated heterocycles. The third kappa shape index (κ3) is 5.19. The highest BCUT2D eigenvalue weighted by molar-refractivity contribution is 5.93. The van der Waals surface area contributed by atoms with E-state index in [0.717, 1.165) is 11.6 Å². The van der Waals surface area contributed by atoms with Crippen molar-refractivity contribution in [3.05, 3.63) is 76.3 Å². The number of pyridine rings is 1. The number of carbonyl (C=O) groups is 2. The Morgan fingerprint density at radius 2 is 1.90 bits per heavy atom. The summed E-state index contributed by atoms with van der Waals surface area (Å²) in [4.78, 5) is 38.2. The van der Waals surface area contributed by atoms with Crippen LogP contribution in [0.3, 0.4) is 0 Å². The van der Waals surface area contributed by atoms with Crippen molar-refractivity contribution in [2.24, 2.45) is 0 Å². The number of esters is 1. The van der Waals surface area contributed by atoms with Crippen LogP contribution in [0.2, 0.25) is 0 Å². The fourth-order valence-electron chi connectivity index (χ4n) is 2.94. The maximum atomic E-state index is 14.3. The second kappa shape index (κ2) is 9.01. The van der Waals surface area contributed by atoms with Gasteiger partial charge in [-0.15, -0.1) is 0 Å². The molecule has 0 aliphatic heterocycles. The zero-order chi connectivity index (χ0) is 20.8. The van der Waals surface area contributed by atoms with Crippen molar-refractivity contribution in [1.29, 1.82) is 0 Å². The molecule has 0 spiro atoms. The minimum atomic E-state index is -0.665. The number of fused-ring (bicyclic) bond motifs is 1. The number of hydrogen-bond acceptors (Lipinski definition) is 4. The summed E-state index contributed by atoms with van der Waals surface area (Å²) < 4.78 is 19.2. The fraction of sp³-hybridized carbons (Fsp3) is 0.190. The van der Waals surface area contributed by atoms with Gasteiger partial charge in [-0.05, 0) is 30.7 Å². The van der Waals surface area contributed by atoms with Gasteiger partial charge in [0, 0.05) is 17.1 Å². The first-order valence-corrected chi connectivity index (χ1v) is 9.07. The number of hydrogen-bond donors (Lipinski definition) is 3. The van der Waals surface area contributed by atoms with Gasteiger partial charge in [-0.25, -0.2) is 9.18 Å². The molecule has 1 atom stereocenters. The maximum absolute atomic E-state index is 14.3. The molecule has 0 aliphatic carbocycles. The van der Waals surface area contributed by atoms with Crippen molar-refractivity contribution in [3.63, 3.8) is 0 Å². The predicted octanol–water partition coefficient (Wildman–Crippen LogP) is 3.48. The molecule has 3 aromatic rings. The van der Waals surface area contributed by atoms with Crippen molar-refractivity contribution in [3.8, 4) is 0 Å². The minimum Gasteiger partial charge on any atom is -0.466 e. The van der Waals surface area contributed by atoms with Gasteiger partial charge in [0.25, 0.3) is 0 Å². The number of rotatable bonds is 6. The third-order valence-electron chi connectivity index (χ3n) is 4.22. The number of aromatic amines is 1. The van der Waals surface area contributed by atoms with Gasteiger partial charge in [-0.3, -0.25) is 9.59 Å². The van der Waals surface area contributed by atoms with E-state index in [-0.39, 0.29) is 24.2 Å². The molecule has 0 fully saturated rings. The molecular weight excluding hydrogens is 377 g/mol. The standard InChI is InChI=1S/C21H20FN3O4/c1-2-29-19(27)12-17(13-6-4-3-5-7-13)24-21(28)23-15-10-14-8-9-18(26)25-20(14)16(22)11-15/h3-11,17H,2,12H2,1H3,(H,25,26)(H2,23,24,28). The second-order valence-corrected chi connectivity index (χ2v) is 6.32. The van der Waals surface area contributed by atoms with Crippen molar-refractivity contribution in [1.82, 2.24) is 10.3 Å². The van der Waals surface area contributed by atoms with Crippen molar-refractivity contribution < 1.29 is 18.7 Å². The number of carbonyl (C=O) groups excluding carboxylic acids is 2. The number of benzene rings is 2. The highest BCUT2D eigenvalue weighted by Gasteiger charge is 2.19. The van der Waals surface area contributed by atoms with Gasteiger partial charge in [-0.1, -0.05) is 30.3 Å². The molecule has 0 bridgehead atoms. The quantitative estimate of drug-likeness (QED) is 0.555. The summed E-state index contributed by atoms with van der Waals surface area (Å²) in [5.41, 5.74) is 0.591. The Kier molecular flexibility index (Phi) is 6.23. The minimum absolute atomic E-state index is 0.0431. The van der Waals surface area contributed by atoms with Crippen LogP contribution in [-0.2, 0) is 9.53 Å². The molecule has 3 N–H and O–H groups in total. The molecule has 2 aromatic carbocycles. The molecule has 2 amide bonds. The largest absolute Gasteiger partial charge is 0.466 e. The molecule has 1 unspecified atom stereocenters. The number of H-pyrrole nitrogens is 1. The van der Waals surface area contributed by atoms with Crippen LogP contribution in [-0.4, -0.2) is 23.6 Å². The average Bonchev–Trinajstić information content (AvgIpc) is 2.69. The normalized spacial score (nSPS) is 11.7. The van der Waals surface area contributed by atoms with Crippen LogP contribution in [0.25, 0.3) is 10.9 Å². The van der Waals surface area contributed by atoms with Gasteiger partial charge >= 0.3 is 12.0 Å². The van der Waals surface area contributed by atoms with Crippen LogP contribution in [0, 0.1) is 5.82 Å². The van der Waals surface area contributed by atoms with Gasteiger partial charge in [0.2, 0.25) is 5.56 Å². The number of aromatic nitrogens is 1. The summed E-state index contributed by atoms with van der Waals surface area (Å²) in [7, 11) is 0. The second-order valence-electron chi connectivity index (χ2n) is 6.32. The monoisotopic (exact) mass is 397 g/mol. The van der Waals surface area contributed by atoms with Gasteiger partial charge in [-0.2, -0.15) is 0 Å². The fourth-order valence-corrected chi connectivity index (χ4v) is 2.94. The van der Waals surface area contributed by atoms with Gasteiger partial charge < -0.3 is 20.4 Å². The summed E-state index contributed by atoms with van der Waals surface area (Å²) in [5, 5.41) is 5.71. The summed E-state index contributed by atoms with van der Waals surface area (Å²) in [5.74, 6) is -1.11. The van der Waals surface area contributed by atoms with E-state index in [0.29, 0.717) is 5.39 Å². The number of halogens is 1. The maximum Gasteiger partial charge on any atom is 0.319 e. The van der Waals surface area contributed by atoms with Crippen molar-refractivity contribution in [2.75, 3.05) is 11.9 Å². The van der Waals surface area contributed by atoms with E-state index in [1.165, 1.54) is 18.2 Å². The Morgan fingerprint density at radius 3 is 2.62 bits per heavy atom. The van der Waals surface area contributed by atoms with Crippen molar-refractivity contribution in [2.45, 2.75) is 19.4 Å². The SMILES string of the molecule is CCOC(=O)CC(NC(=O)Nc1cc(F)c2[nH]c(=O)ccc2c1)c1ccccc1. The molecule has 0 saturated carbocycles. The van der Waals surface area contributed by atoms with Gasteiger partial charge in [0.05, 0.1) is 24.6 Å². The summed E-state index contributed by atoms with van der Waals surface area (Å²) in [6.45, 7) is 1.95.